The number of hydrogen-bond acceptors (Lipinski definition) is 4. The van der Waals surface area contributed by atoms with Crippen molar-refractivity contribution in [3.05, 3.63) is 70.9 Å². The fourth-order valence-electron chi connectivity index (χ4n) is 2.11. The van der Waals surface area contributed by atoms with Crippen LogP contribution < -0.4 is 22.2 Å². The first-order valence-corrected chi connectivity index (χ1v) is 7.79. The highest BCUT2D eigenvalue weighted by Gasteiger charge is 2.20. The van der Waals surface area contributed by atoms with Gasteiger partial charge in [0.2, 0.25) is 0 Å². The number of nitrogens with two attached hydrogens (primary N) is 2. The van der Waals surface area contributed by atoms with Gasteiger partial charge in [-0.25, -0.2) is 14.4 Å². The van der Waals surface area contributed by atoms with Crippen molar-refractivity contribution in [3.8, 4) is 0 Å². The third kappa shape index (κ3) is 5.24. The molecule has 0 spiro atoms. The second-order valence-corrected chi connectivity index (χ2v) is 6.31. The molecule has 0 amide bonds. The molecule has 0 saturated carbocycles. The van der Waals surface area contributed by atoms with Crippen LogP contribution >= 0.6 is 0 Å². The molecule has 2 aromatic rings. The van der Waals surface area contributed by atoms with Crippen LogP contribution in [0, 0.1) is 5.82 Å². The molecule has 2 rings (SSSR count). The summed E-state index contributed by atoms with van der Waals surface area (Å²) in [5.41, 5.74) is 13.5. The lowest BCUT2D eigenvalue weighted by Crippen LogP contribution is -2.23. The van der Waals surface area contributed by atoms with Crippen LogP contribution in [0.2, 0.25) is 0 Å². The molecule has 0 aliphatic rings. The summed E-state index contributed by atoms with van der Waals surface area (Å²) in [6.45, 7) is 8.14. The monoisotopic (exact) mass is 339 g/mol. The Morgan fingerprint density at radius 1 is 1.16 bits per heavy atom. The Labute approximate surface area is 146 Å². The molecule has 0 fully saturated rings. The normalized spacial score (nSPS) is 12.5. The number of amidine groups is 1. The lowest BCUT2D eigenvalue weighted by molar-refractivity contribution is 0.537. The van der Waals surface area contributed by atoms with E-state index in [1.54, 1.807) is 36.7 Å². The Hall–Kier alpha value is -3.02. The molecule has 1 aromatic heterocycles. The van der Waals surface area contributed by atoms with E-state index in [0.717, 1.165) is 5.56 Å². The zero-order chi connectivity index (χ0) is 18.4. The van der Waals surface area contributed by atoms with Crippen LogP contribution in [0.1, 0.15) is 19.4 Å². The first-order valence-electron chi connectivity index (χ1n) is 7.79. The number of rotatable bonds is 5. The van der Waals surface area contributed by atoms with E-state index in [4.69, 9.17) is 11.5 Å². The molecular formula is C19H22FN5. The molecule has 0 radical (unpaired) electrons. The van der Waals surface area contributed by atoms with Crippen molar-refractivity contribution >= 4 is 18.1 Å². The molecular weight excluding hydrogens is 317 g/mol. The number of aromatic nitrogens is 2. The van der Waals surface area contributed by atoms with Crippen molar-refractivity contribution < 1.29 is 4.39 Å². The summed E-state index contributed by atoms with van der Waals surface area (Å²) in [4.78, 5) is 12.4. The first kappa shape index (κ1) is 18.3. The van der Waals surface area contributed by atoms with E-state index in [1.807, 2.05) is 13.8 Å². The van der Waals surface area contributed by atoms with Crippen LogP contribution in [-0.2, 0) is 5.41 Å². The lowest BCUT2D eigenvalue weighted by atomic mass is 9.85. The molecule has 0 atom stereocenters. The summed E-state index contributed by atoms with van der Waals surface area (Å²) in [5.74, 6) is 0.0974. The predicted octanol–water partition coefficient (Wildman–Crippen LogP) is 0.984. The van der Waals surface area contributed by atoms with E-state index in [0.29, 0.717) is 28.8 Å². The molecule has 4 N–H and O–H groups in total. The highest BCUT2D eigenvalue weighted by molar-refractivity contribution is 5.92. The van der Waals surface area contributed by atoms with Crippen LogP contribution in [0.15, 0.2) is 53.8 Å². The molecule has 25 heavy (non-hydrogen) atoms. The predicted molar refractivity (Wildman–Crippen MR) is 99.5 cm³/mol. The summed E-state index contributed by atoms with van der Waals surface area (Å²) < 4.78 is 13.0. The van der Waals surface area contributed by atoms with Crippen LogP contribution in [0.4, 0.5) is 4.39 Å². The number of aliphatic imine (C=N–C) groups is 1. The van der Waals surface area contributed by atoms with Gasteiger partial charge in [0.25, 0.3) is 0 Å². The Morgan fingerprint density at radius 2 is 1.76 bits per heavy atom. The van der Waals surface area contributed by atoms with Crippen molar-refractivity contribution in [2.24, 2.45) is 16.5 Å². The van der Waals surface area contributed by atoms with E-state index in [-0.39, 0.29) is 11.2 Å². The number of hydrogen-bond donors (Lipinski definition) is 2. The van der Waals surface area contributed by atoms with Gasteiger partial charge in [-0.15, -0.1) is 0 Å². The van der Waals surface area contributed by atoms with Gasteiger partial charge in [-0.05, 0) is 29.8 Å². The average molecular weight is 339 g/mol. The first-order chi connectivity index (χ1) is 11.8. The summed E-state index contributed by atoms with van der Waals surface area (Å²) >= 11 is 0. The quantitative estimate of drug-likeness (QED) is 0.628. The maximum absolute atomic E-state index is 13.0. The smallest absolute Gasteiger partial charge is 0.144 e. The SMILES string of the molecule is C=c1ncc(=C(N)/C=C\C(N)=NCC(C)(C)c2ccc(F)cc2)cn1. The summed E-state index contributed by atoms with van der Waals surface area (Å²) in [7, 11) is 0. The molecule has 5 nitrogen and oxygen atoms in total. The summed E-state index contributed by atoms with van der Waals surface area (Å²) in [6.07, 6.45) is 6.49. The fourth-order valence-corrected chi connectivity index (χ4v) is 2.11. The number of nitrogens with zero attached hydrogens (tertiary/aromatic N) is 3. The largest absolute Gasteiger partial charge is 0.398 e. The highest BCUT2D eigenvalue weighted by atomic mass is 19.1. The Bertz CT molecular complexity index is 875. The van der Waals surface area contributed by atoms with Gasteiger partial charge in [-0.3, -0.25) is 4.99 Å². The standard InChI is InChI=1S/C19H22FN5/c1-13-23-10-14(11-24-13)17(21)8-9-18(22)25-12-19(2,3)15-4-6-16(20)7-5-15/h4-11H,1,12,21H2,2-3H3,(H2,22,25)/b9-8-. The van der Waals surface area contributed by atoms with Crippen molar-refractivity contribution in [2.45, 2.75) is 19.3 Å². The molecule has 0 aliphatic heterocycles. The van der Waals surface area contributed by atoms with E-state index in [1.165, 1.54) is 12.1 Å². The number of halogens is 1. The zero-order valence-electron chi connectivity index (χ0n) is 14.4. The van der Waals surface area contributed by atoms with Crippen molar-refractivity contribution in [1.29, 1.82) is 0 Å². The maximum Gasteiger partial charge on any atom is 0.144 e. The van der Waals surface area contributed by atoms with E-state index >= 15 is 0 Å². The van der Waals surface area contributed by atoms with Gasteiger partial charge < -0.3 is 11.5 Å². The minimum absolute atomic E-state index is 0.257. The lowest BCUT2D eigenvalue weighted by Gasteiger charge is -2.23. The Balaban J connectivity index is 2.10. The minimum Gasteiger partial charge on any atom is -0.398 e. The molecule has 130 valence electrons. The summed E-state index contributed by atoms with van der Waals surface area (Å²) in [5, 5.41) is 0.683. The van der Waals surface area contributed by atoms with Crippen LogP contribution in [0.3, 0.4) is 0 Å². The topological polar surface area (TPSA) is 90.2 Å². The maximum atomic E-state index is 13.0. The van der Waals surface area contributed by atoms with Crippen molar-refractivity contribution in [3.63, 3.8) is 0 Å². The average Bonchev–Trinajstić information content (AvgIpc) is 2.59. The van der Waals surface area contributed by atoms with Gasteiger partial charge in [0.15, 0.2) is 0 Å². The van der Waals surface area contributed by atoms with Gasteiger partial charge in [0.1, 0.15) is 17.1 Å². The molecule has 1 aromatic carbocycles. The second kappa shape index (κ2) is 7.70. The van der Waals surface area contributed by atoms with E-state index in [9.17, 15) is 4.39 Å². The van der Waals surface area contributed by atoms with Gasteiger partial charge in [-0.2, -0.15) is 0 Å². The van der Waals surface area contributed by atoms with Gasteiger partial charge >= 0.3 is 0 Å². The third-order valence-corrected chi connectivity index (χ3v) is 3.75. The summed E-state index contributed by atoms with van der Waals surface area (Å²) in [6, 6.07) is 6.40. The van der Waals surface area contributed by atoms with Crippen LogP contribution in [0.25, 0.3) is 12.3 Å². The molecule has 0 saturated heterocycles. The Kier molecular flexibility index (Phi) is 5.64. The van der Waals surface area contributed by atoms with Crippen molar-refractivity contribution in [1.82, 2.24) is 9.97 Å². The molecule has 0 bridgehead atoms. The molecule has 6 heteroatoms. The van der Waals surface area contributed by atoms with Crippen LogP contribution in [-0.4, -0.2) is 22.3 Å². The highest BCUT2D eigenvalue weighted by Crippen LogP contribution is 2.23. The van der Waals surface area contributed by atoms with E-state index < -0.39 is 0 Å². The zero-order valence-corrected chi connectivity index (χ0v) is 14.4. The van der Waals surface area contributed by atoms with Gasteiger partial charge in [0, 0.05) is 28.7 Å². The second-order valence-electron chi connectivity index (χ2n) is 6.31. The minimum atomic E-state index is -0.265. The Morgan fingerprint density at radius 3 is 2.36 bits per heavy atom. The van der Waals surface area contributed by atoms with Crippen LogP contribution in [0.5, 0.6) is 0 Å². The van der Waals surface area contributed by atoms with Gasteiger partial charge in [0.05, 0.1) is 6.54 Å². The molecule has 1 heterocycles. The van der Waals surface area contributed by atoms with Crippen molar-refractivity contribution in [2.75, 3.05) is 6.54 Å². The van der Waals surface area contributed by atoms with Gasteiger partial charge in [-0.1, -0.05) is 32.6 Å². The fraction of sp³-hybridized carbons (Fsp3) is 0.211. The third-order valence-electron chi connectivity index (χ3n) is 3.75. The number of benzene rings is 1. The molecule has 0 aliphatic carbocycles. The van der Waals surface area contributed by atoms with E-state index in [2.05, 4.69) is 21.5 Å². The molecule has 0 unspecified atom stereocenters.